The van der Waals surface area contributed by atoms with Gasteiger partial charge < -0.3 is 5.32 Å². The van der Waals surface area contributed by atoms with Crippen molar-refractivity contribution >= 4 is 11.3 Å². The van der Waals surface area contributed by atoms with Crippen molar-refractivity contribution in [3.8, 4) is 10.6 Å². The number of hydrogen-bond acceptors (Lipinski definition) is 3. The number of aromatic nitrogens is 1. The van der Waals surface area contributed by atoms with Gasteiger partial charge in [0.2, 0.25) is 0 Å². The van der Waals surface area contributed by atoms with E-state index in [2.05, 4.69) is 10.3 Å². The first-order valence-electron chi connectivity index (χ1n) is 5.32. The molecule has 0 atom stereocenters. The molecule has 5 heteroatoms. The standard InChI is InChI=1S/C12H12F2N2S/c1-2-15-6-8-7-17-12(16-8)11-9(13)4-3-5-10(11)14/h3-5,7,15H,2,6H2,1H3. The van der Waals surface area contributed by atoms with Crippen LogP contribution >= 0.6 is 11.3 Å². The fourth-order valence-electron chi connectivity index (χ4n) is 1.46. The van der Waals surface area contributed by atoms with Crippen LogP contribution in [0, 0.1) is 11.6 Å². The predicted molar refractivity (Wildman–Crippen MR) is 64.8 cm³/mol. The molecule has 2 rings (SSSR count). The Bertz CT molecular complexity index is 491. The van der Waals surface area contributed by atoms with Crippen LogP contribution in [0.25, 0.3) is 10.6 Å². The lowest BCUT2D eigenvalue weighted by Gasteiger charge is -2.00. The highest BCUT2D eigenvalue weighted by molar-refractivity contribution is 7.13. The summed E-state index contributed by atoms with van der Waals surface area (Å²) in [4.78, 5) is 4.22. The molecule has 0 saturated carbocycles. The van der Waals surface area contributed by atoms with E-state index in [4.69, 9.17) is 0 Å². The number of rotatable bonds is 4. The van der Waals surface area contributed by atoms with Gasteiger partial charge in [0.1, 0.15) is 16.6 Å². The van der Waals surface area contributed by atoms with Gasteiger partial charge in [0, 0.05) is 11.9 Å². The molecule has 0 bridgehead atoms. The molecule has 1 aromatic carbocycles. The lowest BCUT2D eigenvalue weighted by atomic mass is 10.2. The molecular weight excluding hydrogens is 242 g/mol. The molecule has 2 nitrogen and oxygen atoms in total. The van der Waals surface area contributed by atoms with Crippen molar-refractivity contribution in [3.63, 3.8) is 0 Å². The quantitative estimate of drug-likeness (QED) is 0.906. The summed E-state index contributed by atoms with van der Waals surface area (Å²) in [5.41, 5.74) is 0.759. The van der Waals surface area contributed by atoms with Gasteiger partial charge in [-0.1, -0.05) is 13.0 Å². The van der Waals surface area contributed by atoms with Crippen molar-refractivity contribution in [2.24, 2.45) is 0 Å². The van der Waals surface area contributed by atoms with Gasteiger partial charge in [-0.05, 0) is 18.7 Å². The summed E-state index contributed by atoms with van der Waals surface area (Å²) in [5, 5.41) is 5.31. The summed E-state index contributed by atoms with van der Waals surface area (Å²) in [6, 6.07) is 3.83. The van der Waals surface area contributed by atoms with Gasteiger partial charge in [0.25, 0.3) is 0 Å². The molecule has 1 N–H and O–H groups in total. The van der Waals surface area contributed by atoms with E-state index in [1.807, 2.05) is 12.3 Å². The van der Waals surface area contributed by atoms with Gasteiger partial charge in [-0.15, -0.1) is 11.3 Å². The molecule has 0 unspecified atom stereocenters. The highest BCUT2D eigenvalue weighted by Crippen LogP contribution is 2.28. The second-order valence-corrected chi connectivity index (χ2v) is 4.38. The Balaban J connectivity index is 2.30. The van der Waals surface area contributed by atoms with Crippen molar-refractivity contribution in [2.75, 3.05) is 6.54 Å². The van der Waals surface area contributed by atoms with E-state index >= 15 is 0 Å². The largest absolute Gasteiger partial charge is 0.311 e. The summed E-state index contributed by atoms with van der Waals surface area (Å²) in [7, 11) is 0. The Labute approximate surface area is 102 Å². The first kappa shape index (κ1) is 12.1. The van der Waals surface area contributed by atoms with E-state index in [0.29, 0.717) is 11.6 Å². The minimum atomic E-state index is -0.575. The molecule has 90 valence electrons. The van der Waals surface area contributed by atoms with E-state index < -0.39 is 11.6 Å². The van der Waals surface area contributed by atoms with Crippen molar-refractivity contribution in [1.82, 2.24) is 10.3 Å². The highest BCUT2D eigenvalue weighted by Gasteiger charge is 2.14. The third-order valence-corrected chi connectivity index (χ3v) is 3.19. The Hall–Kier alpha value is -1.33. The second-order valence-electron chi connectivity index (χ2n) is 3.52. The fraction of sp³-hybridized carbons (Fsp3) is 0.250. The molecule has 17 heavy (non-hydrogen) atoms. The number of benzene rings is 1. The molecular formula is C12H12F2N2S. The zero-order valence-electron chi connectivity index (χ0n) is 9.34. The van der Waals surface area contributed by atoms with Gasteiger partial charge in [-0.3, -0.25) is 0 Å². The Morgan fingerprint density at radius 2 is 2.00 bits per heavy atom. The molecule has 0 radical (unpaired) electrons. The van der Waals surface area contributed by atoms with Crippen LogP contribution in [0.5, 0.6) is 0 Å². The normalized spacial score (nSPS) is 10.8. The fourth-order valence-corrected chi connectivity index (χ4v) is 2.32. The Kier molecular flexibility index (Phi) is 3.81. The molecule has 0 aliphatic heterocycles. The molecule has 0 saturated heterocycles. The third kappa shape index (κ3) is 2.68. The van der Waals surface area contributed by atoms with Crippen molar-refractivity contribution in [3.05, 3.63) is 40.9 Å². The molecule has 2 aromatic rings. The second kappa shape index (κ2) is 5.33. The topological polar surface area (TPSA) is 24.9 Å². The smallest absolute Gasteiger partial charge is 0.136 e. The van der Waals surface area contributed by atoms with Gasteiger partial charge in [-0.2, -0.15) is 0 Å². The van der Waals surface area contributed by atoms with Crippen LogP contribution in [0.2, 0.25) is 0 Å². The van der Waals surface area contributed by atoms with Gasteiger partial charge >= 0.3 is 0 Å². The molecule has 0 spiro atoms. The van der Waals surface area contributed by atoms with Gasteiger partial charge in [0.05, 0.1) is 11.3 Å². The molecule has 0 aliphatic carbocycles. The first-order valence-corrected chi connectivity index (χ1v) is 6.20. The number of thiazole rings is 1. The van der Waals surface area contributed by atoms with Gasteiger partial charge in [-0.25, -0.2) is 13.8 Å². The highest BCUT2D eigenvalue weighted by atomic mass is 32.1. The predicted octanol–water partition coefficient (Wildman–Crippen LogP) is 3.20. The minimum Gasteiger partial charge on any atom is -0.311 e. The van der Waals surface area contributed by atoms with Gasteiger partial charge in [0.15, 0.2) is 0 Å². The average molecular weight is 254 g/mol. The van der Waals surface area contributed by atoms with Crippen LogP contribution in [0.1, 0.15) is 12.6 Å². The van der Waals surface area contributed by atoms with E-state index in [-0.39, 0.29) is 5.56 Å². The summed E-state index contributed by atoms with van der Waals surface area (Å²) in [6.07, 6.45) is 0. The Morgan fingerprint density at radius 1 is 1.29 bits per heavy atom. The zero-order chi connectivity index (χ0) is 12.3. The van der Waals surface area contributed by atoms with Crippen molar-refractivity contribution in [1.29, 1.82) is 0 Å². The van der Waals surface area contributed by atoms with Crippen LogP contribution < -0.4 is 5.32 Å². The number of halogens is 2. The lowest BCUT2D eigenvalue weighted by Crippen LogP contribution is -2.11. The SMILES string of the molecule is CCNCc1csc(-c2c(F)cccc2F)n1. The maximum absolute atomic E-state index is 13.5. The molecule has 0 amide bonds. The molecule has 0 fully saturated rings. The molecule has 1 heterocycles. The molecule has 1 aromatic heterocycles. The average Bonchev–Trinajstić information content (AvgIpc) is 2.75. The van der Waals surface area contributed by atoms with Crippen molar-refractivity contribution in [2.45, 2.75) is 13.5 Å². The maximum atomic E-state index is 13.5. The van der Waals surface area contributed by atoms with Crippen LogP contribution in [0.3, 0.4) is 0 Å². The van der Waals surface area contributed by atoms with E-state index in [0.717, 1.165) is 12.2 Å². The van der Waals surface area contributed by atoms with Crippen LogP contribution in [0.4, 0.5) is 8.78 Å². The van der Waals surface area contributed by atoms with E-state index in [1.54, 1.807) is 0 Å². The first-order chi connectivity index (χ1) is 8.22. The van der Waals surface area contributed by atoms with Crippen molar-refractivity contribution < 1.29 is 8.78 Å². The molecule has 0 aliphatic rings. The monoisotopic (exact) mass is 254 g/mol. The number of hydrogen-bond donors (Lipinski definition) is 1. The Morgan fingerprint density at radius 3 is 2.65 bits per heavy atom. The summed E-state index contributed by atoms with van der Waals surface area (Å²) >= 11 is 1.25. The third-order valence-electron chi connectivity index (χ3n) is 2.28. The maximum Gasteiger partial charge on any atom is 0.136 e. The van der Waals surface area contributed by atoms with Crippen LogP contribution in [-0.2, 0) is 6.54 Å². The summed E-state index contributed by atoms with van der Waals surface area (Å²) in [6.45, 7) is 3.44. The van der Waals surface area contributed by atoms with E-state index in [1.165, 1.54) is 29.5 Å². The van der Waals surface area contributed by atoms with Crippen LogP contribution in [-0.4, -0.2) is 11.5 Å². The minimum absolute atomic E-state index is 0.0414. The summed E-state index contributed by atoms with van der Waals surface area (Å²) in [5.74, 6) is -1.15. The number of nitrogens with one attached hydrogen (secondary N) is 1. The van der Waals surface area contributed by atoms with Crippen LogP contribution in [0.15, 0.2) is 23.6 Å². The number of nitrogens with zero attached hydrogens (tertiary/aromatic N) is 1. The van der Waals surface area contributed by atoms with E-state index in [9.17, 15) is 8.78 Å². The zero-order valence-corrected chi connectivity index (χ0v) is 10.2. The lowest BCUT2D eigenvalue weighted by molar-refractivity contribution is 0.589. The summed E-state index contributed by atoms with van der Waals surface area (Å²) < 4.78 is 27.0.